The molecule has 1 amide bonds. The number of carbonyl (C=O) groups is 1. The Morgan fingerprint density at radius 1 is 1.42 bits per heavy atom. The Morgan fingerprint density at radius 3 is 2.79 bits per heavy atom. The van der Waals surface area contributed by atoms with Gasteiger partial charge in [-0.25, -0.2) is 4.98 Å². The second-order valence-corrected chi connectivity index (χ2v) is 4.44. The molecule has 3 N–H and O–H groups in total. The van der Waals surface area contributed by atoms with Crippen LogP contribution in [0.15, 0.2) is 24.5 Å². The molecule has 0 spiro atoms. The van der Waals surface area contributed by atoms with Crippen molar-refractivity contribution in [3.05, 3.63) is 47.0 Å². The van der Waals surface area contributed by atoms with E-state index < -0.39 is 5.91 Å². The monoisotopic (exact) mass is 259 g/mol. The van der Waals surface area contributed by atoms with Crippen LogP contribution in [-0.2, 0) is 20.1 Å². The second-order valence-electron chi connectivity index (χ2n) is 4.44. The highest BCUT2D eigenvalue weighted by Crippen LogP contribution is 2.10. The number of hydrogen-bond donors (Lipinski definition) is 2. The fraction of sp³-hybridized carbons (Fsp3) is 0.308. The molecule has 1 aromatic carbocycles. The summed E-state index contributed by atoms with van der Waals surface area (Å²) in [6.07, 6.45) is 1.67. The lowest BCUT2D eigenvalue weighted by molar-refractivity contribution is 0.1000. The Labute approximate surface area is 111 Å². The van der Waals surface area contributed by atoms with Crippen LogP contribution in [0.5, 0.6) is 0 Å². The van der Waals surface area contributed by atoms with Crippen LogP contribution in [-0.4, -0.2) is 20.7 Å². The molecule has 0 aliphatic rings. The number of primary amides is 1. The predicted molar refractivity (Wildman–Crippen MR) is 71.2 cm³/mol. The van der Waals surface area contributed by atoms with Gasteiger partial charge in [0.2, 0.25) is 5.91 Å². The minimum atomic E-state index is -0.403. The molecule has 0 bridgehead atoms. The zero-order valence-electron chi connectivity index (χ0n) is 11.1. The number of aryl methyl sites for hydroxylation is 2. The number of nitrogens with one attached hydrogen (secondary N) is 1. The topological polar surface area (TPSA) is 85.8 Å². The van der Waals surface area contributed by atoms with E-state index in [1.54, 1.807) is 23.1 Å². The van der Waals surface area contributed by atoms with Gasteiger partial charge in [-0.1, -0.05) is 6.07 Å². The summed E-state index contributed by atoms with van der Waals surface area (Å²) in [4.78, 5) is 15.2. The van der Waals surface area contributed by atoms with Gasteiger partial charge in [0, 0.05) is 19.2 Å². The molecular formula is C13H17N5O. The molecule has 0 radical (unpaired) electrons. The molecule has 2 rings (SSSR count). The number of benzene rings is 1. The number of aromatic nitrogens is 3. The zero-order chi connectivity index (χ0) is 13.8. The van der Waals surface area contributed by atoms with Crippen molar-refractivity contribution >= 4 is 5.91 Å². The second kappa shape index (κ2) is 5.62. The fourth-order valence-electron chi connectivity index (χ4n) is 1.82. The average molecular weight is 259 g/mol. The molecule has 0 aliphatic carbocycles. The van der Waals surface area contributed by atoms with Crippen molar-refractivity contribution in [2.24, 2.45) is 12.8 Å². The Bertz CT molecular complexity index is 590. The molecule has 0 unspecified atom stereocenters. The van der Waals surface area contributed by atoms with Crippen LogP contribution >= 0.6 is 0 Å². The van der Waals surface area contributed by atoms with Gasteiger partial charge < -0.3 is 11.1 Å². The number of hydrogen-bond acceptors (Lipinski definition) is 4. The van der Waals surface area contributed by atoms with Gasteiger partial charge in [-0.15, -0.1) is 0 Å². The van der Waals surface area contributed by atoms with Crippen molar-refractivity contribution in [2.45, 2.75) is 20.0 Å². The fourth-order valence-corrected chi connectivity index (χ4v) is 1.82. The molecule has 0 fully saturated rings. The molecule has 1 aromatic heterocycles. The van der Waals surface area contributed by atoms with Crippen molar-refractivity contribution in [1.29, 1.82) is 0 Å². The van der Waals surface area contributed by atoms with Crippen LogP contribution in [0.2, 0.25) is 0 Å². The van der Waals surface area contributed by atoms with Gasteiger partial charge in [-0.2, -0.15) is 5.10 Å². The number of carbonyl (C=O) groups excluding carboxylic acids is 1. The normalized spacial score (nSPS) is 10.6. The molecule has 1 heterocycles. The van der Waals surface area contributed by atoms with Crippen LogP contribution < -0.4 is 11.1 Å². The van der Waals surface area contributed by atoms with Crippen LogP contribution in [0.3, 0.4) is 0 Å². The Kier molecular flexibility index (Phi) is 3.91. The van der Waals surface area contributed by atoms with Crippen molar-refractivity contribution in [3.63, 3.8) is 0 Å². The van der Waals surface area contributed by atoms with E-state index in [0.717, 1.165) is 17.0 Å². The number of nitrogens with zero attached hydrogens (tertiary/aromatic N) is 3. The van der Waals surface area contributed by atoms with E-state index in [4.69, 9.17) is 5.73 Å². The summed E-state index contributed by atoms with van der Waals surface area (Å²) in [6, 6.07) is 5.46. The third-order valence-electron chi connectivity index (χ3n) is 2.87. The average Bonchev–Trinajstić information content (AvgIpc) is 2.77. The summed E-state index contributed by atoms with van der Waals surface area (Å²) in [7, 11) is 1.84. The summed E-state index contributed by atoms with van der Waals surface area (Å²) in [6.45, 7) is 3.27. The maximum Gasteiger partial charge on any atom is 0.248 e. The van der Waals surface area contributed by atoms with E-state index in [2.05, 4.69) is 15.4 Å². The van der Waals surface area contributed by atoms with Gasteiger partial charge in [0.25, 0.3) is 0 Å². The highest BCUT2D eigenvalue weighted by atomic mass is 16.1. The summed E-state index contributed by atoms with van der Waals surface area (Å²) < 4.78 is 1.67. The molecule has 19 heavy (non-hydrogen) atoms. The standard InChI is InChI=1S/C13H17N5O/c1-9-5-10(13(14)19)3-4-11(9)6-15-7-12-16-8-18(2)17-12/h3-5,8,15H,6-7H2,1-2H3,(H2,14,19). The van der Waals surface area contributed by atoms with Crippen molar-refractivity contribution in [1.82, 2.24) is 20.1 Å². The van der Waals surface area contributed by atoms with Gasteiger partial charge in [-0.05, 0) is 30.2 Å². The smallest absolute Gasteiger partial charge is 0.248 e. The molecule has 6 heteroatoms. The maximum absolute atomic E-state index is 11.1. The molecule has 2 aromatic rings. The number of rotatable bonds is 5. The van der Waals surface area contributed by atoms with E-state index in [1.807, 2.05) is 20.0 Å². The maximum atomic E-state index is 11.1. The first kappa shape index (κ1) is 13.2. The van der Waals surface area contributed by atoms with Crippen LogP contribution in [0.25, 0.3) is 0 Å². The minimum Gasteiger partial charge on any atom is -0.366 e. The Hall–Kier alpha value is -2.21. The Morgan fingerprint density at radius 2 is 2.21 bits per heavy atom. The minimum absolute atomic E-state index is 0.403. The summed E-state index contributed by atoms with van der Waals surface area (Å²) in [5, 5.41) is 7.45. The highest BCUT2D eigenvalue weighted by Gasteiger charge is 2.04. The first-order valence-corrected chi connectivity index (χ1v) is 6.01. The largest absolute Gasteiger partial charge is 0.366 e. The number of nitrogens with two attached hydrogens (primary N) is 1. The van der Waals surface area contributed by atoms with E-state index in [9.17, 15) is 4.79 Å². The lowest BCUT2D eigenvalue weighted by atomic mass is 10.0. The zero-order valence-corrected chi connectivity index (χ0v) is 11.1. The van der Waals surface area contributed by atoms with E-state index in [0.29, 0.717) is 18.7 Å². The third-order valence-corrected chi connectivity index (χ3v) is 2.87. The van der Waals surface area contributed by atoms with Crippen molar-refractivity contribution in [2.75, 3.05) is 0 Å². The van der Waals surface area contributed by atoms with E-state index in [1.165, 1.54) is 0 Å². The Balaban J connectivity index is 1.94. The van der Waals surface area contributed by atoms with Crippen molar-refractivity contribution in [3.8, 4) is 0 Å². The SMILES string of the molecule is Cc1cc(C(N)=O)ccc1CNCc1ncn(C)n1. The quantitative estimate of drug-likeness (QED) is 0.819. The lowest BCUT2D eigenvalue weighted by Gasteiger charge is -2.07. The van der Waals surface area contributed by atoms with Crippen molar-refractivity contribution < 1.29 is 4.79 Å². The first-order chi connectivity index (χ1) is 9.06. The molecule has 0 atom stereocenters. The van der Waals surface area contributed by atoms with Crippen LogP contribution in [0.4, 0.5) is 0 Å². The molecule has 0 aliphatic heterocycles. The van der Waals surface area contributed by atoms with E-state index in [-0.39, 0.29) is 0 Å². The summed E-state index contributed by atoms with van der Waals surface area (Å²) >= 11 is 0. The van der Waals surface area contributed by atoms with E-state index >= 15 is 0 Å². The molecule has 0 saturated carbocycles. The van der Waals surface area contributed by atoms with Gasteiger partial charge in [0.15, 0.2) is 5.82 Å². The first-order valence-electron chi connectivity index (χ1n) is 6.01. The molecule has 6 nitrogen and oxygen atoms in total. The lowest BCUT2D eigenvalue weighted by Crippen LogP contribution is -2.16. The third kappa shape index (κ3) is 3.38. The molecule has 100 valence electrons. The van der Waals surface area contributed by atoms with Gasteiger partial charge in [-0.3, -0.25) is 9.48 Å². The molecule has 0 saturated heterocycles. The summed E-state index contributed by atoms with van der Waals surface area (Å²) in [5.74, 6) is 0.356. The van der Waals surface area contributed by atoms with Gasteiger partial charge in [0.1, 0.15) is 6.33 Å². The summed E-state index contributed by atoms with van der Waals surface area (Å²) in [5.41, 5.74) is 7.94. The van der Waals surface area contributed by atoms with Crippen LogP contribution in [0.1, 0.15) is 27.3 Å². The number of amides is 1. The van der Waals surface area contributed by atoms with Gasteiger partial charge >= 0.3 is 0 Å². The van der Waals surface area contributed by atoms with Crippen LogP contribution in [0, 0.1) is 6.92 Å². The predicted octanol–water partition coefficient (Wildman–Crippen LogP) is 0.512. The molecular weight excluding hydrogens is 242 g/mol. The highest BCUT2D eigenvalue weighted by molar-refractivity contribution is 5.93. The van der Waals surface area contributed by atoms with Gasteiger partial charge in [0.05, 0.1) is 6.54 Å².